The van der Waals surface area contributed by atoms with Crippen LogP contribution in [0.15, 0.2) is 80.8 Å². The number of carbonyl (C=O) groups is 2. The fraction of sp³-hybridized carbons (Fsp3) is 0.138. The molecule has 0 radical (unpaired) electrons. The second-order valence-corrected chi connectivity index (χ2v) is 10.1. The number of amides is 1. The molecule has 9 nitrogen and oxygen atoms in total. The number of ether oxygens (including phenoxy) is 4. The van der Waals surface area contributed by atoms with Crippen molar-refractivity contribution in [1.82, 2.24) is 5.43 Å². The molecule has 4 rings (SSSR count). The molecule has 0 aliphatic heterocycles. The molecule has 40 heavy (non-hydrogen) atoms. The van der Waals surface area contributed by atoms with Crippen molar-refractivity contribution in [1.29, 1.82) is 0 Å². The fourth-order valence-corrected chi connectivity index (χ4v) is 5.24. The molecule has 0 unspecified atom stereocenters. The zero-order chi connectivity index (χ0) is 28.6. The Morgan fingerprint density at radius 3 is 2.27 bits per heavy atom. The van der Waals surface area contributed by atoms with Crippen molar-refractivity contribution in [2.24, 2.45) is 5.10 Å². The van der Waals surface area contributed by atoms with Gasteiger partial charge in [-0.2, -0.15) is 5.10 Å². The normalized spacial score (nSPS) is 10.8. The zero-order valence-electron chi connectivity index (χ0n) is 21.8. The Kier molecular flexibility index (Phi) is 9.62. The Hall–Kier alpha value is -4.09. The van der Waals surface area contributed by atoms with Crippen LogP contribution in [0, 0.1) is 0 Å². The molecular weight excluding hydrogens is 646 g/mol. The predicted molar refractivity (Wildman–Crippen MR) is 161 cm³/mol. The molecule has 206 valence electrons. The van der Waals surface area contributed by atoms with Crippen LogP contribution in [0.5, 0.6) is 23.0 Å². The quantitative estimate of drug-likeness (QED) is 0.0899. The highest BCUT2D eigenvalue weighted by atomic mass is 79.9. The summed E-state index contributed by atoms with van der Waals surface area (Å²) in [5, 5.41) is 9.28. The smallest absolute Gasteiger partial charge is 0.343 e. The van der Waals surface area contributed by atoms with Crippen molar-refractivity contribution in [3.8, 4) is 23.0 Å². The monoisotopic (exact) mass is 669 g/mol. The number of carbonyl (C=O) groups excluding carboxylic acids is 2. The standard InChI is InChI=1S/C29H25Br2N3O6/c1-37-24-12-18(13-25(38-2)28(24)39-3)29(36)40-27-19(11-20(30)14-22(27)31)15-33-34-26(35)16-32-23-10-6-8-17-7-4-5-9-21(17)23/h4-15,32H,16H2,1-3H3,(H,34,35)/b33-15-. The summed E-state index contributed by atoms with van der Waals surface area (Å²) < 4.78 is 22.9. The van der Waals surface area contributed by atoms with Gasteiger partial charge in [0.25, 0.3) is 5.91 Å². The van der Waals surface area contributed by atoms with Crippen molar-refractivity contribution in [3.05, 3.63) is 86.8 Å². The van der Waals surface area contributed by atoms with Crippen molar-refractivity contribution < 1.29 is 28.5 Å². The first-order chi connectivity index (χ1) is 19.3. The lowest BCUT2D eigenvalue weighted by Gasteiger charge is -2.15. The lowest BCUT2D eigenvalue weighted by molar-refractivity contribution is -0.119. The zero-order valence-corrected chi connectivity index (χ0v) is 25.0. The molecule has 1 amide bonds. The number of esters is 1. The van der Waals surface area contributed by atoms with Gasteiger partial charge in [-0.15, -0.1) is 0 Å². The number of benzene rings is 4. The highest BCUT2D eigenvalue weighted by Gasteiger charge is 2.20. The van der Waals surface area contributed by atoms with Gasteiger partial charge in [0.2, 0.25) is 5.75 Å². The van der Waals surface area contributed by atoms with E-state index in [0.717, 1.165) is 16.5 Å². The van der Waals surface area contributed by atoms with E-state index in [1.165, 1.54) is 39.7 Å². The van der Waals surface area contributed by atoms with Gasteiger partial charge >= 0.3 is 5.97 Å². The van der Waals surface area contributed by atoms with Crippen LogP contribution in [-0.2, 0) is 4.79 Å². The van der Waals surface area contributed by atoms with E-state index in [0.29, 0.717) is 31.8 Å². The molecule has 2 N–H and O–H groups in total. The summed E-state index contributed by atoms with van der Waals surface area (Å²) >= 11 is 6.86. The third-order valence-corrected chi connectivity index (χ3v) is 6.80. The van der Waals surface area contributed by atoms with Crippen molar-refractivity contribution >= 4 is 66.4 Å². The first-order valence-electron chi connectivity index (χ1n) is 11.9. The van der Waals surface area contributed by atoms with Crippen LogP contribution in [0.25, 0.3) is 10.8 Å². The second-order valence-electron chi connectivity index (χ2n) is 8.28. The lowest BCUT2D eigenvalue weighted by atomic mass is 10.1. The van der Waals surface area contributed by atoms with Crippen molar-refractivity contribution in [3.63, 3.8) is 0 Å². The van der Waals surface area contributed by atoms with Crippen LogP contribution in [0.3, 0.4) is 0 Å². The summed E-state index contributed by atoms with van der Waals surface area (Å²) in [4.78, 5) is 25.6. The van der Waals surface area contributed by atoms with Gasteiger partial charge in [0.05, 0.1) is 44.1 Å². The summed E-state index contributed by atoms with van der Waals surface area (Å²) in [7, 11) is 4.39. The number of nitrogens with one attached hydrogen (secondary N) is 2. The number of halogens is 2. The van der Waals surface area contributed by atoms with Crippen LogP contribution in [0.2, 0.25) is 0 Å². The summed E-state index contributed by atoms with van der Waals surface area (Å²) in [6.07, 6.45) is 1.39. The number of nitrogens with zero attached hydrogens (tertiary/aromatic N) is 1. The summed E-state index contributed by atoms with van der Waals surface area (Å²) in [5.41, 5.74) is 3.95. The van der Waals surface area contributed by atoms with Gasteiger partial charge in [0.15, 0.2) is 17.2 Å². The van der Waals surface area contributed by atoms with Gasteiger partial charge in [0.1, 0.15) is 0 Å². The highest BCUT2D eigenvalue weighted by Crippen LogP contribution is 2.39. The van der Waals surface area contributed by atoms with Crippen LogP contribution in [0.1, 0.15) is 15.9 Å². The Balaban J connectivity index is 1.48. The van der Waals surface area contributed by atoms with Crippen molar-refractivity contribution in [2.45, 2.75) is 0 Å². The molecule has 0 atom stereocenters. The Labute approximate surface area is 247 Å². The maximum atomic E-state index is 13.1. The second kappa shape index (κ2) is 13.3. The van der Waals surface area contributed by atoms with Gasteiger partial charge in [-0.05, 0) is 51.6 Å². The largest absolute Gasteiger partial charge is 0.493 e. The van der Waals surface area contributed by atoms with E-state index in [-0.39, 0.29) is 23.8 Å². The molecule has 0 saturated heterocycles. The molecule has 0 fully saturated rings. The van der Waals surface area contributed by atoms with E-state index >= 15 is 0 Å². The Morgan fingerprint density at radius 1 is 0.875 bits per heavy atom. The third-order valence-electron chi connectivity index (χ3n) is 5.75. The summed E-state index contributed by atoms with van der Waals surface area (Å²) in [5.74, 6) is 0.156. The molecule has 11 heteroatoms. The minimum Gasteiger partial charge on any atom is -0.493 e. The van der Waals surface area contributed by atoms with Gasteiger partial charge < -0.3 is 24.3 Å². The highest BCUT2D eigenvalue weighted by molar-refractivity contribution is 9.11. The number of hydrazone groups is 1. The SMILES string of the molecule is COc1cc(C(=O)Oc2c(Br)cc(Br)cc2/C=N\NC(=O)CNc2cccc3ccccc23)cc(OC)c1OC. The molecule has 0 bridgehead atoms. The van der Waals surface area contributed by atoms with E-state index in [2.05, 4.69) is 47.7 Å². The molecule has 0 aromatic heterocycles. The number of fused-ring (bicyclic) bond motifs is 1. The fourth-order valence-electron chi connectivity index (χ4n) is 3.90. The molecule has 4 aromatic rings. The number of hydrogen-bond acceptors (Lipinski definition) is 8. The van der Waals surface area contributed by atoms with Crippen molar-refractivity contribution in [2.75, 3.05) is 33.2 Å². The van der Waals surface area contributed by atoms with Gasteiger partial charge in [-0.25, -0.2) is 10.2 Å². The lowest BCUT2D eigenvalue weighted by Crippen LogP contribution is -2.26. The molecule has 4 aromatic carbocycles. The average molecular weight is 671 g/mol. The Bertz CT molecular complexity index is 1560. The molecule has 0 spiro atoms. The van der Waals surface area contributed by atoms with E-state index in [1.807, 2.05) is 42.5 Å². The number of rotatable bonds is 10. The first-order valence-corrected chi connectivity index (χ1v) is 13.5. The Morgan fingerprint density at radius 2 is 1.57 bits per heavy atom. The molecule has 0 aliphatic rings. The topological polar surface area (TPSA) is 107 Å². The van der Waals surface area contributed by atoms with Crippen LogP contribution in [0.4, 0.5) is 5.69 Å². The molecular formula is C29H25Br2N3O6. The van der Waals surface area contributed by atoms with Crippen LogP contribution >= 0.6 is 31.9 Å². The number of methoxy groups -OCH3 is 3. The summed E-state index contributed by atoms with van der Waals surface area (Å²) in [6.45, 7) is 0.0104. The maximum Gasteiger partial charge on any atom is 0.343 e. The van der Waals surface area contributed by atoms with Gasteiger partial charge in [-0.3, -0.25) is 4.79 Å². The predicted octanol–water partition coefficient (Wildman–Crippen LogP) is 6.17. The minimum absolute atomic E-state index is 0.0104. The number of anilines is 1. The minimum atomic E-state index is -0.666. The van der Waals surface area contributed by atoms with E-state index in [9.17, 15) is 9.59 Å². The molecule has 0 aliphatic carbocycles. The average Bonchev–Trinajstić information content (AvgIpc) is 2.96. The number of hydrogen-bond donors (Lipinski definition) is 2. The molecule has 0 saturated carbocycles. The van der Waals surface area contributed by atoms with E-state index < -0.39 is 5.97 Å². The van der Waals surface area contributed by atoms with E-state index in [4.69, 9.17) is 18.9 Å². The van der Waals surface area contributed by atoms with E-state index in [1.54, 1.807) is 12.1 Å². The molecule has 0 heterocycles. The third kappa shape index (κ3) is 6.72. The van der Waals surface area contributed by atoms with Gasteiger partial charge in [0, 0.05) is 21.1 Å². The maximum absolute atomic E-state index is 13.1. The van der Waals surface area contributed by atoms with Crippen LogP contribution in [-0.4, -0.2) is 46.0 Å². The summed E-state index contributed by atoms with van der Waals surface area (Å²) in [6, 6.07) is 20.2. The van der Waals surface area contributed by atoms with Gasteiger partial charge in [-0.1, -0.05) is 52.3 Å². The van der Waals surface area contributed by atoms with Crippen LogP contribution < -0.4 is 29.7 Å². The first kappa shape index (κ1) is 28.9.